The van der Waals surface area contributed by atoms with Gasteiger partial charge in [0.05, 0.1) is 4.90 Å². The molecule has 1 aliphatic rings. The zero-order chi connectivity index (χ0) is 19.6. The lowest BCUT2D eigenvalue weighted by atomic mass is 10.0. The van der Waals surface area contributed by atoms with E-state index in [9.17, 15) is 17.6 Å². The third kappa shape index (κ3) is 4.39. The molecular weight excluding hydrogens is 435 g/mol. The zero-order valence-electron chi connectivity index (χ0n) is 14.8. The Hall–Kier alpha value is -1.77. The first-order valence-electron chi connectivity index (χ1n) is 8.63. The number of amides is 1. The van der Waals surface area contributed by atoms with Crippen molar-refractivity contribution in [3.05, 3.63) is 58.3 Å². The predicted octanol–water partition coefficient (Wildman–Crippen LogP) is 4.08. The molecule has 0 spiro atoms. The summed E-state index contributed by atoms with van der Waals surface area (Å²) in [6.07, 6.45) is 1.90. The van der Waals surface area contributed by atoms with Gasteiger partial charge in [-0.15, -0.1) is 0 Å². The van der Waals surface area contributed by atoms with Crippen LogP contribution in [0.5, 0.6) is 0 Å². The van der Waals surface area contributed by atoms with Gasteiger partial charge in [-0.2, -0.15) is 4.31 Å². The lowest BCUT2D eigenvalue weighted by Crippen LogP contribution is -2.49. The van der Waals surface area contributed by atoms with E-state index in [2.05, 4.69) is 21.2 Å². The first-order valence-corrected chi connectivity index (χ1v) is 10.9. The van der Waals surface area contributed by atoms with E-state index in [4.69, 9.17) is 0 Å². The van der Waals surface area contributed by atoms with Gasteiger partial charge in [-0.05, 0) is 67.8 Å². The molecule has 1 fully saturated rings. The minimum absolute atomic E-state index is 0.0110. The van der Waals surface area contributed by atoms with Crippen LogP contribution >= 0.6 is 15.9 Å². The third-order valence-electron chi connectivity index (χ3n) is 4.60. The summed E-state index contributed by atoms with van der Waals surface area (Å²) in [6, 6.07) is 9.29. The fourth-order valence-corrected chi connectivity index (χ4v) is 5.05. The van der Waals surface area contributed by atoms with Crippen molar-refractivity contribution < 1.29 is 17.6 Å². The van der Waals surface area contributed by atoms with Crippen molar-refractivity contribution in [1.29, 1.82) is 0 Å². The van der Waals surface area contributed by atoms with Crippen molar-refractivity contribution in [2.75, 3.05) is 11.9 Å². The summed E-state index contributed by atoms with van der Waals surface area (Å²) in [6.45, 7) is 2.17. The fraction of sp³-hybridized carbons (Fsp3) is 0.316. The molecule has 0 aromatic heterocycles. The Kier molecular flexibility index (Phi) is 5.98. The summed E-state index contributed by atoms with van der Waals surface area (Å²) in [5.41, 5.74) is 1.58. The molecule has 0 unspecified atom stereocenters. The van der Waals surface area contributed by atoms with Gasteiger partial charge >= 0.3 is 0 Å². The molecule has 1 amide bonds. The number of anilines is 1. The Bertz CT molecular complexity index is 948. The highest BCUT2D eigenvalue weighted by molar-refractivity contribution is 9.10. The molecule has 1 saturated heterocycles. The highest BCUT2D eigenvalue weighted by Gasteiger charge is 2.37. The molecule has 2 aromatic rings. The largest absolute Gasteiger partial charge is 0.325 e. The van der Waals surface area contributed by atoms with Crippen LogP contribution in [0.15, 0.2) is 51.8 Å². The van der Waals surface area contributed by atoms with Gasteiger partial charge in [0, 0.05) is 16.7 Å². The molecule has 0 aliphatic carbocycles. The van der Waals surface area contributed by atoms with Crippen LogP contribution < -0.4 is 5.32 Å². The zero-order valence-corrected chi connectivity index (χ0v) is 17.2. The maximum Gasteiger partial charge on any atom is 0.243 e. The summed E-state index contributed by atoms with van der Waals surface area (Å²) in [5.74, 6) is -0.866. The van der Waals surface area contributed by atoms with E-state index in [-0.39, 0.29) is 17.3 Å². The molecule has 1 atom stereocenters. The van der Waals surface area contributed by atoms with Crippen LogP contribution in [0.1, 0.15) is 24.8 Å². The third-order valence-corrected chi connectivity index (χ3v) is 7.41. The number of halogens is 2. The van der Waals surface area contributed by atoms with Crippen LogP contribution in [-0.4, -0.2) is 31.2 Å². The molecule has 27 heavy (non-hydrogen) atoms. The molecule has 144 valence electrons. The number of carbonyl (C=O) groups is 1. The predicted molar refractivity (Wildman–Crippen MR) is 105 cm³/mol. The number of aryl methyl sites for hydroxylation is 1. The number of sulfonamides is 1. The van der Waals surface area contributed by atoms with E-state index >= 15 is 0 Å². The highest BCUT2D eigenvalue weighted by Crippen LogP contribution is 2.27. The molecule has 0 bridgehead atoms. The van der Waals surface area contributed by atoms with Crippen LogP contribution in [0.4, 0.5) is 10.1 Å². The lowest BCUT2D eigenvalue weighted by molar-refractivity contribution is -0.120. The molecule has 0 saturated carbocycles. The second kappa shape index (κ2) is 8.08. The van der Waals surface area contributed by atoms with Gasteiger partial charge in [0.2, 0.25) is 15.9 Å². The summed E-state index contributed by atoms with van der Waals surface area (Å²) in [7, 11) is -3.88. The van der Waals surface area contributed by atoms with Crippen molar-refractivity contribution in [3.63, 3.8) is 0 Å². The molecule has 0 radical (unpaired) electrons. The summed E-state index contributed by atoms with van der Waals surface area (Å²) < 4.78 is 41.3. The monoisotopic (exact) mass is 454 g/mol. The number of hydrogen-bond donors (Lipinski definition) is 1. The van der Waals surface area contributed by atoms with E-state index in [1.807, 2.05) is 19.1 Å². The molecule has 5 nitrogen and oxygen atoms in total. The molecule has 1 aliphatic heterocycles. The Morgan fingerprint density at radius 2 is 1.89 bits per heavy atom. The number of hydrogen-bond acceptors (Lipinski definition) is 3. The van der Waals surface area contributed by atoms with Crippen molar-refractivity contribution in [2.45, 2.75) is 37.1 Å². The summed E-state index contributed by atoms with van der Waals surface area (Å²) >= 11 is 3.41. The Balaban J connectivity index is 1.85. The van der Waals surface area contributed by atoms with Gasteiger partial charge in [0.15, 0.2) is 0 Å². The smallest absolute Gasteiger partial charge is 0.243 e. The number of piperidine rings is 1. The van der Waals surface area contributed by atoms with Gasteiger partial charge in [0.25, 0.3) is 0 Å². The quantitative estimate of drug-likeness (QED) is 0.756. The van der Waals surface area contributed by atoms with Crippen molar-refractivity contribution >= 4 is 37.5 Å². The summed E-state index contributed by atoms with van der Waals surface area (Å²) in [4.78, 5) is 12.8. The normalized spacial score (nSPS) is 18.3. The fourth-order valence-electron chi connectivity index (χ4n) is 3.14. The second-order valence-electron chi connectivity index (χ2n) is 6.53. The van der Waals surface area contributed by atoms with Crippen LogP contribution in [0, 0.1) is 12.7 Å². The van der Waals surface area contributed by atoms with Crippen LogP contribution in [0.2, 0.25) is 0 Å². The van der Waals surface area contributed by atoms with Crippen molar-refractivity contribution in [3.8, 4) is 0 Å². The Labute approximate surface area is 166 Å². The first kappa shape index (κ1) is 20.0. The van der Waals surface area contributed by atoms with Crippen molar-refractivity contribution in [2.24, 2.45) is 0 Å². The summed E-state index contributed by atoms with van der Waals surface area (Å²) in [5, 5.41) is 2.82. The molecule has 2 aromatic carbocycles. The van der Waals surface area contributed by atoms with Crippen molar-refractivity contribution in [1.82, 2.24) is 4.31 Å². The highest BCUT2D eigenvalue weighted by atomic mass is 79.9. The SMILES string of the molecule is Cc1cc(NC(=O)[C@@H]2CCCCN2S(=O)(=O)c2ccc(F)cc2)ccc1Br. The maximum absolute atomic E-state index is 13.1. The number of benzene rings is 2. The van der Waals surface area contributed by atoms with Crippen LogP contribution in [-0.2, 0) is 14.8 Å². The molecule has 1 heterocycles. The first-order chi connectivity index (χ1) is 12.8. The standard InChI is InChI=1S/C19H20BrFN2O3S/c1-13-12-15(7-10-17(13)20)22-19(24)18-4-2-3-11-23(18)27(25,26)16-8-5-14(21)6-9-16/h5-10,12,18H,2-4,11H2,1H3,(H,22,24)/t18-/m0/s1. The number of nitrogens with one attached hydrogen (secondary N) is 1. The lowest BCUT2D eigenvalue weighted by Gasteiger charge is -2.33. The molecule has 8 heteroatoms. The van der Waals surface area contributed by atoms with Gasteiger partial charge < -0.3 is 5.32 Å². The Morgan fingerprint density at radius 3 is 2.56 bits per heavy atom. The average Bonchev–Trinajstić information content (AvgIpc) is 2.65. The molecule has 3 rings (SSSR count). The van der Waals surface area contributed by atoms with Gasteiger partial charge in [0.1, 0.15) is 11.9 Å². The van der Waals surface area contributed by atoms with Gasteiger partial charge in [-0.25, -0.2) is 12.8 Å². The van der Waals surface area contributed by atoms with E-state index < -0.39 is 21.9 Å². The molecule has 1 N–H and O–H groups in total. The average molecular weight is 455 g/mol. The van der Waals surface area contributed by atoms with E-state index in [0.717, 1.165) is 28.6 Å². The van der Waals surface area contributed by atoms with E-state index in [1.54, 1.807) is 6.07 Å². The minimum Gasteiger partial charge on any atom is -0.325 e. The number of nitrogens with zero attached hydrogens (tertiary/aromatic N) is 1. The number of carbonyl (C=O) groups excluding carboxylic acids is 1. The Morgan fingerprint density at radius 1 is 1.19 bits per heavy atom. The minimum atomic E-state index is -3.88. The number of rotatable bonds is 4. The van der Waals surface area contributed by atoms with E-state index in [1.165, 1.54) is 16.4 Å². The van der Waals surface area contributed by atoms with Gasteiger partial charge in [-0.3, -0.25) is 4.79 Å². The molecular formula is C19H20BrFN2O3S. The van der Waals surface area contributed by atoms with Crippen LogP contribution in [0.3, 0.4) is 0 Å². The van der Waals surface area contributed by atoms with Crippen LogP contribution in [0.25, 0.3) is 0 Å². The maximum atomic E-state index is 13.1. The van der Waals surface area contributed by atoms with Gasteiger partial charge in [-0.1, -0.05) is 22.4 Å². The topological polar surface area (TPSA) is 66.5 Å². The second-order valence-corrected chi connectivity index (χ2v) is 9.28. The van der Waals surface area contributed by atoms with E-state index in [0.29, 0.717) is 18.5 Å².